The van der Waals surface area contributed by atoms with Gasteiger partial charge in [0.2, 0.25) is 0 Å². The number of Topliss-reactive ketones (excluding diaryl/α,β-unsaturated/α-hetero) is 1. The molecule has 1 aliphatic heterocycles. The minimum atomic E-state index is -0.0951. The van der Waals surface area contributed by atoms with Crippen molar-refractivity contribution in [3.63, 3.8) is 0 Å². The van der Waals surface area contributed by atoms with Gasteiger partial charge in [0, 0.05) is 31.6 Å². The van der Waals surface area contributed by atoms with Crippen molar-refractivity contribution < 1.29 is 19.0 Å². The molecule has 9 heteroatoms. The number of rotatable bonds is 8. The van der Waals surface area contributed by atoms with Gasteiger partial charge in [-0.05, 0) is 35.9 Å². The number of nitrogens with one attached hydrogen (secondary N) is 2. The molecule has 34 heavy (non-hydrogen) atoms. The molecule has 9 nitrogen and oxygen atoms in total. The van der Waals surface area contributed by atoms with Crippen LogP contribution in [0.15, 0.2) is 42.6 Å². The van der Waals surface area contributed by atoms with Crippen LogP contribution < -0.4 is 9.47 Å². The highest BCUT2D eigenvalue weighted by molar-refractivity contribution is 6.01. The number of nitrogens with zero attached hydrogens (tertiary/aromatic N) is 3. The van der Waals surface area contributed by atoms with Crippen LogP contribution in [0.3, 0.4) is 0 Å². The first kappa shape index (κ1) is 22.1. The van der Waals surface area contributed by atoms with Gasteiger partial charge >= 0.3 is 0 Å². The quantitative estimate of drug-likeness (QED) is 0.388. The molecule has 2 N–H and O–H groups in total. The van der Waals surface area contributed by atoms with E-state index in [0.29, 0.717) is 28.6 Å². The standard InChI is InChI=1S/C25H27N5O4/c1-32-18-4-6-23(33-2)19(13-18)22(31)12-17-14-26-29-24(17)25-27-20-5-3-16(11-21(20)28-25)15-30-7-9-34-10-8-30/h3-6,11,13-14H,7-10,12,15H2,1-2H3,(H,26,29)(H,27,28). The number of carbonyl (C=O) groups excluding carboxylic acids is 1. The monoisotopic (exact) mass is 461 g/mol. The maximum Gasteiger partial charge on any atom is 0.171 e. The van der Waals surface area contributed by atoms with E-state index in [4.69, 9.17) is 19.2 Å². The van der Waals surface area contributed by atoms with Gasteiger partial charge in [-0.1, -0.05) is 6.07 Å². The molecule has 4 aromatic rings. The number of aromatic nitrogens is 4. The molecule has 0 unspecified atom stereocenters. The number of methoxy groups -OCH3 is 2. The first-order chi connectivity index (χ1) is 16.6. The predicted octanol–water partition coefficient (Wildman–Crippen LogP) is 3.23. The Balaban J connectivity index is 1.38. The second-order valence-electron chi connectivity index (χ2n) is 8.26. The molecule has 2 aromatic carbocycles. The number of hydrogen-bond donors (Lipinski definition) is 2. The summed E-state index contributed by atoms with van der Waals surface area (Å²) in [7, 11) is 3.11. The van der Waals surface area contributed by atoms with Gasteiger partial charge in [-0.2, -0.15) is 5.10 Å². The maximum absolute atomic E-state index is 13.1. The van der Waals surface area contributed by atoms with Crippen LogP contribution in [0, 0.1) is 0 Å². The fourth-order valence-corrected chi connectivity index (χ4v) is 4.24. The van der Waals surface area contributed by atoms with E-state index in [1.54, 1.807) is 38.6 Å². The Morgan fingerprint density at radius 2 is 1.97 bits per heavy atom. The Hall–Kier alpha value is -3.69. The lowest BCUT2D eigenvalue weighted by Crippen LogP contribution is -2.35. The SMILES string of the molecule is COc1ccc(OC)c(C(=O)Cc2cn[nH]c2-c2nc3ccc(CN4CCOCC4)cc3[nH]2)c1. The third-order valence-corrected chi connectivity index (χ3v) is 6.07. The molecule has 0 bridgehead atoms. The Bertz CT molecular complexity index is 1310. The Kier molecular flexibility index (Phi) is 6.29. The number of aromatic amines is 2. The van der Waals surface area contributed by atoms with Crippen molar-refractivity contribution in [2.24, 2.45) is 0 Å². The highest BCUT2D eigenvalue weighted by atomic mass is 16.5. The summed E-state index contributed by atoms with van der Waals surface area (Å²) in [5, 5.41) is 7.17. The number of ketones is 1. The number of imidazole rings is 1. The van der Waals surface area contributed by atoms with Crippen LogP contribution in [0.2, 0.25) is 0 Å². The normalized spacial score (nSPS) is 14.4. The summed E-state index contributed by atoms with van der Waals surface area (Å²) in [6.07, 6.45) is 1.81. The van der Waals surface area contributed by atoms with E-state index in [0.717, 1.165) is 49.4 Å². The highest BCUT2D eigenvalue weighted by Crippen LogP contribution is 2.28. The summed E-state index contributed by atoms with van der Waals surface area (Å²) in [5.74, 6) is 1.66. The zero-order valence-electron chi connectivity index (χ0n) is 19.3. The molecule has 2 aromatic heterocycles. The summed E-state index contributed by atoms with van der Waals surface area (Å²) in [6.45, 7) is 4.31. The van der Waals surface area contributed by atoms with Crippen LogP contribution in [0.1, 0.15) is 21.5 Å². The topological polar surface area (TPSA) is 105 Å². The average molecular weight is 462 g/mol. The molecule has 0 amide bonds. The van der Waals surface area contributed by atoms with Crippen molar-refractivity contribution in [1.29, 1.82) is 0 Å². The molecule has 0 atom stereocenters. The molecule has 3 heterocycles. The number of morpholine rings is 1. The van der Waals surface area contributed by atoms with Gasteiger partial charge in [-0.3, -0.25) is 14.8 Å². The zero-order chi connectivity index (χ0) is 23.5. The van der Waals surface area contributed by atoms with Crippen LogP contribution in [0.4, 0.5) is 0 Å². The summed E-state index contributed by atoms with van der Waals surface area (Å²) in [5.41, 5.74) is 4.94. The third kappa shape index (κ3) is 4.52. The van der Waals surface area contributed by atoms with E-state index in [1.807, 2.05) is 6.07 Å². The summed E-state index contributed by atoms with van der Waals surface area (Å²) < 4.78 is 16.1. The van der Waals surface area contributed by atoms with Crippen LogP contribution >= 0.6 is 0 Å². The molecule has 1 fully saturated rings. The summed E-state index contributed by atoms with van der Waals surface area (Å²) >= 11 is 0. The van der Waals surface area contributed by atoms with Gasteiger partial charge in [0.05, 0.1) is 50.2 Å². The average Bonchev–Trinajstić information content (AvgIpc) is 3.50. The van der Waals surface area contributed by atoms with E-state index in [2.05, 4.69) is 32.2 Å². The van der Waals surface area contributed by atoms with Crippen LogP contribution in [0.5, 0.6) is 11.5 Å². The minimum absolute atomic E-state index is 0.0951. The van der Waals surface area contributed by atoms with E-state index in [9.17, 15) is 4.79 Å². The number of hydrogen-bond acceptors (Lipinski definition) is 7. The molecular weight excluding hydrogens is 434 g/mol. The molecule has 0 spiro atoms. The predicted molar refractivity (Wildman–Crippen MR) is 127 cm³/mol. The van der Waals surface area contributed by atoms with Crippen LogP contribution in [-0.2, 0) is 17.7 Å². The summed E-state index contributed by atoms with van der Waals surface area (Å²) in [6, 6.07) is 11.4. The fourth-order valence-electron chi connectivity index (χ4n) is 4.24. The van der Waals surface area contributed by atoms with Crippen LogP contribution in [-0.4, -0.2) is 71.4 Å². The van der Waals surface area contributed by atoms with Gasteiger partial charge in [0.25, 0.3) is 0 Å². The smallest absolute Gasteiger partial charge is 0.171 e. The lowest BCUT2D eigenvalue weighted by molar-refractivity contribution is 0.0342. The van der Waals surface area contributed by atoms with Crippen molar-refractivity contribution in [3.8, 4) is 23.0 Å². The number of fused-ring (bicyclic) bond motifs is 1. The van der Waals surface area contributed by atoms with E-state index in [1.165, 1.54) is 5.56 Å². The first-order valence-corrected chi connectivity index (χ1v) is 11.2. The molecule has 0 aliphatic carbocycles. The lowest BCUT2D eigenvalue weighted by atomic mass is 10.0. The van der Waals surface area contributed by atoms with E-state index < -0.39 is 0 Å². The van der Waals surface area contributed by atoms with Crippen molar-refractivity contribution in [2.75, 3.05) is 40.5 Å². The second-order valence-corrected chi connectivity index (χ2v) is 8.26. The number of benzene rings is 2. The molecule has 1 saturated heterocycles. The van der Waals surface area contributed by atoms with Crippen molar-refractivity contribution >= 4 is 16.8 Å². The largest absolute Gasteiger partial charge is 0.497 e. The summed E-state index contributed by atoms with van der Waals surface area (Å²) in [4.78, 5) is 23.6. The Morgan fingerprint density at radius 3 is 2.76 bits per heavy atom. The van der Waals surface area contributed by atoms with Gasteiger partial charge in [-0.25, -0.2) is 4.98 Å². The van der Waals surface area contributed by atoms with E-state index in [-0.39, 0.29) is 12.2 Å². The maximum atomic E-state index is 13.1. The van der Waals surface area contributed by atoms with Crippen LogP contribution in [0.25, 0.3) is 22.6 Å². The second kappa shape index (κ2) is 9.66. The molecule has 1 aliphatic rings. The van der Waals surface area contributed by atoms with Gasteiger partial charge in [-0.15, -0.1) is 0 Å². The van der Waals surface area contributed by atoms with Gasteiger partial charge in [0.15, 0.2) is 11.6 Å². The highest BCUT2D eigenvalue weighted by Gasteiger charge is 2.19. The molecule has 0 saturated carbocycles. The van der Waals surface area contributed by atoms with Crippen molar-refractivity contribution in [1.82, 2.24) is 25.1 Å². The first-order valence-electron chi connectivity index (χ1n) is 11.2. The van der Waals surface area contributed by atoms with E-state index >= 15 is 0 Å². The Labute approximate surface area is 197 Å². The molecular formula is C25H27N5O4. The Morgan fingerprint density at radius 1 is 1.12 bits per heavy atom. The molecule has 176 valence electrons. The van der Waals surface area contributed by atoms with Crippen molar-refractivity contribution in [3.05, 3.63) is 59.3 Å². The van der Waals surface area contributed by atoms with Crippen molar-refractivity contribution in [2.45, 2.75) is 13.0 Å². The zero-order valence-corrected chi connectivity index (χ0v) is 19.3. The number of H-pyrrole nitrogens is 2. The van der Waals surface area contributed by atoms with Gasteiger partial charge in [0.1, 0.15) is 17.2 Å². The molecule has 5 rings (SSSR count). The lowest BCUT2D eigenvalue weighted by Gasteiger charge is -2.26. The fraction of sp³-hybridized carbons (Fsp3) is 0.320. The molecule has 0 radical (unpaired) electrons. The number of ether oxygens (including phenoxy) is 3. The van der Waals surface area contributed by atoms with Gasteiger partial charge < -0.3 is 19.2 Å². The number of carbonyl (C=O) groups is 1. The third-order valence-electron chi connectivity index (χ3n) is 6.07. The minimum Gasteiger partial charge on any atom is -0.497 e.